The number of benzene rings is 8. The molecule has 9 aromatic rings. The Bertz CT molecular complexity index is 2810. The lowest BCUT2D eigenvalue weighted by Crippen LogP contribution is -2.14. The Kier molecular flexibility index (Phi) is 7.81. The van der Waals surface area contributed by atoms with E-state index in [-0.39, 0.29) is 5.41 Å². The molecule has 8 aromatic carbocycles. The van der Waals surface area contributed by atoms with Gasteiger partial charge in [-0.05, 0) is 78.5 Å². The van der Waals surface area contributed by atoms with Crippen molar-refractivity contribution in [1.82, 2.24) is 15.0 Å². The number of aromatic nitrogens is 3. The van der Waals surface area contributed by atoms with Gasteiger partial charge in [0, 0.05) is 22.1 Å². The average molecular weight is 704 g/mol. The van der Waals surface area contributed by atoms with Crippen molar-refractivity contribution in [2.24, 2.45) is 0 Å². The molecule has 0 radical (unpaired) electrons. The van der Waals surface area contributed by atoms with Gasteiger partial charge in [0.2, 0.25) is 0 Å². The van der Waals surface area contributed by atoms with Gasteiger partial charge in [-0.25, -0.2) is 15.0 Å². The van der Waals surface area contributed by atoms with Gasteiger partial charge in [-0.2, -0.15) is 0 Å². The van der Waals surface area contributed by atoms with E-state index in [1.54, 1.807) is 0 Å². The highest BCUT2D eigenvalue weighted by molar-refractivity contribution is 6.06. The van der Waals surface area contributed by atoms with Gasteiger partial charge in [0.1, 0.15) is 0 Å². The van der Waals surface area contributed by atoms with Crippen LogP contribution in [-0.2, 0) is 5.41 Å². The molecule has 1 aliphatic rings. The topological polar surface area (TPSA) is 38.7 Å². The minimum Gasteiger partial charge on any atom is -0.208 e. The van der Waals surface area contributed by atoms with Crippen molar-refractivity contribution in [2.45, 2.75) is 19.3 Å². The molecule has 3 heteroatoms. The van der Waals surface area contributed by atoms with E-state index in [0.29, 0.717) is 17.5 Å². The summed E-state index contributed by atoms with van der Waals surface area (Å²) in [6, 6.07) is 66.9. The van der Waals surface area contributed by atoms with Crippen LogP contribution in [0.3, 0.4) is 0 Å². The SMILES string of the molecule is CC1(C)c2ccccc2-c2ccc(-c3cccc(-c4cccc5cccc(-c6ccc(-c7nc(-c8ccccc8)nc(-c8ccccc8)n7)cc6)c45)c3)cc21. The van der Waals surface area contributed by atoms with Crippen LogP contribution in [0.5, 0.6) is 0 Å². The summed E-state index contributed by atoms with van der Waals surface area (Å²) in [5, 5.41) is 2.44. The lowest BCUT2D eigenvalue weighted by atomic mass is 9.81. The van der Waals surface area contributed by atoms with E-state index >= 15 is 0 Å². The first-order valence-electron chi connectivity index (χ1n) is 18.9. The molecule has 0 saturated heterocycles. The lowest BCUT2D eigenvalue weighted by molar-refractivity contribution is 0.660. The summed E-state index contributed by atoms with van der Waals surface area (Å²) >= 11 is 0. The Morgan fingerprint density at radius 3 is 1.40 bits per heavy atom. The van der Waals surface area contributed by atoms with Crippen molar-refractivity contribution in [3.05, 3.63) is 199 Å². The molecule has 10 rings (SSSR count). The van der Waals surface area contributed by atoms with Gasteiger partial charge in [0.25, 0.3) is 0 Å². The first-order chi connectivity index (χ1) is 27.0. The maximum Gasteiger partial charge on any atom is 0.164 e. The molecule has 1 aliphatic carbocycles. The zero-order valence-corrected chi connectivity index (χ0v) is 30.7. The fourth-order valence-corrected chi connectivity index (χ4v) is 8.31. The molecule has 0 atom stereocenters. The Labute approximate surface area is 321 Å². The fraction of sp³-hybridized carbons (Fsp3) is 0.0577. The third-order valence-electron chi connectivity index (χ3n) is 11.1. The highest BCUT2D eigenvalue weighted by Gasteiger charge is 2.35. The highest BCUT2D eigenvalue weighted by Crippen LogP contribution is 2.49. The van der Waals surface area contributed by atoms with E-state index in [2.05, 4.69) is 141 Å². The standard InChI is InChI=1S/C52H37N3/c1-52(2)46-25-10-9-22-44(46)45-31-30-40(33-47(45)52)39-20-11-21-41(32-39)43-24-13-19-35-18-12-23-42(48(35)43)34-26-28-38(29-27-34)51-54-49(36-14-5-3-6-15-36)53-50(55-51)37-16-7-4-8-17-37/h3-33H,1-2H3. The molecule has 0 bridgehead atoms. The molecule has 0 N–H and O–H groups in total. The second kappa shape index (κ2) is 13.2. The maximum atomic E-state index is 4.95. The van der Waals surface area contributed by atoms with E-state index in [1.807, 2.05) is 60.7 Å². The van der Waals surface area contributed by atoms with E-state index in [1.165, 1.54) is 60.8 Å². The van der Waals surface area contributed by atoms with E-state index < -0.39 is 0 Å². The van der Waals surface area contributed by atoms with Crippen molar-refractivity contribution in [2.75, 3.05) is 0 Å². The normalized spacial score (nSPS) is 12.7. The maximum absolute atomic E-state index is 4.95. The number of fused-ring (bicyclic) bond motifs is 4. The summed E-state index contributed by atoms with van der Waals surface area (Å²) in [7, 11) is 0. The van der Waals surface area contributed by atoms with Crippen LogP contribution in [0.15, 0.2) is 188 Å². The van der Waals surface area contributed by atoms with Crippen molar-refractivity contribution in [1.29, 1.82) is 0 Å². The minimum absolute atomic E-state index is 0.0441. The molecule has 1 aromatic heterocycles. The number of hydrogen-bond acceptors (Lipinski definition) is 3. The van der Waals surface area contributed by atoms with E-state index in [9.17, 15) is 0 Å². The molecular weight excluding hydrogens is 667 g/mol. The van der Waals surface area contributed by atoms with Gasteiger partial charge in [0.15, 0.2) is 17.5 Å². The second-order valence-corrected chi connectivity index (χ2v) is 14.8. The van der Waals surface area contributed by atoms with Gasteiger partial charge in [0.05, 0.1) is 0 Å². The molecule has 1 heterocycles. The van der Waals surface area contributed by atoms with Crippen LogP contribution in [0.1, 0.15) is 25.0 Å². The van der Waals surface area contributed by atoms with Crippen molar-refractivity contribution in [3.8, 4) is 78.7 Å². The summed E-state index contributed by atoms with van der Waals surface area (Å²) in [6.45, 7) is 4.69. The Morgan fingerprint density at radius 2 is 0.745 bits per heavy atom. The Balaban J connectivity index is 1.03. The summed E-state index contributed by atoms with van der Waals surface area (Å²) < 4.78 is 0. The van der Waals surface area contributed by atoms with Crippen LogP contribution in [0.4, 0.5) is 0 Å². The molecule has 55 heavy (non-hydrogen) atoms. The lowest BCUT2D eigenvalue weighted by Gasteiger charge is -2.22. The van der Waals surface area contributed by atoms with Crippen LogP contribution >= 0.6 is 0 Å². The van der Waals surface area contributed by atoms with Crippen LogP contribution in [0.25, 0.3) is 89.4 Å². The molecule has 0 amide bonds. The first kappa shape index (κ1) is 32.7. The summed E-state index contributed by atoms with van der Waals surface area (Å²) in [5.74, 6) is 1.96. The Hall–Kier alpha value is -6.97. The van der Waals surface area contributed by atoms with E-state index in [4.69, 9.17) is 15.0 Å². The number of nitrogens with zero attached hydrogens (tertiary/aromatic N) is 3. The third-order valence-corrected chi connectivity index (χ3v) is 11.1. The van der Waals surface area contributed by atoms with Gasteiger partial charge < -0.3 is 0 Å². The Morgan fingerprint density at radius 1 is 0.309 bits per heavy atom. The molecular formula is C52H37N3. The molecule has 0 fully saturated rings. The zero-order chi connectivity index (χ0) is 36.9. The summed E-state index contributed by atoms with van der Waals surface area (Å²) in [6.07, 6.45) is 0. The average Bonchev–Trinajstić information content (AvgIpc) is 3.49. The van der Waals surface area contributed by atoms with Gasteiger partial charge in [-0.1, -0.05) is 190 Å². The predicted octanol–water partition coefficient (Wildman–Crippen LogP) is 13.3. The first-order valence-corrected chi connectivity index (χ1v) is 18.9. The number of rotatable bonds is 6. The van der Waals surface area contributed by atoms with Gasteiger partial charge >= 0.3 is 0 Å². The van der Waals surface area contributed by atoms with Gasteiger partial charge in [-0.3, -0.25) is 0 Å². The third kappa shape index (κ3) is 5.73. The molecule has 260 valence electrons. The molecule has 0 saturated carbocycles. The molecule has 0 aliphatic heterocycles. The van der Waals surface area contributed by atoms with Crippen LogP contribution in [0, 0.1) is 0 Å². The van der Waals surface area contributed by atoms with Crippen LogP contribution < -0.4 is 0 Å². The quantitative estimate of drug-likeness (QED) is 0.173. The molecule has 0 spiro atoms. The monoisotopic (exact) mass is 703 g/mol. The molecule has 3 nitrogen and oxygen atoms in total. The number of hydrogen-bond donors (Lipinski definition) is 0. The van der Waals surface area contributed by atoms with Crippen molar-refractivity contribution >= 4 is 10.8 Å². The smallest absolute Gasteiger partial charge is 0.164 e. The second-order valence-electron chi connectivity index (χ2n) is 14.8. The largest absolute Gasteiger partial charge is 0.208 e. The molecule has 0 unspecified atom stereocenters. The minimum atomic E-state index is -0.0441. The van der Waals surface area contributed by atoms with Crippen molar-refractivity contribution < 1.29 is 0 Å². The van der Waals surface area contributed by atoms with Crippen LogP contribution in [-0.4, -0.2) is 15.0 Å². The van der Waals surface area contributed by atoms with Crippen molar-refractivity contribution in [3.63, 3.8) is 0 Å². The predicted molar refractivity (Wildman–Crippen MR) is 228 cm³/mol. The summed E-state index contributed by atoms with van der Waals surface area (Å²) in [5.41, 5.74) is 15.5. The highest BCUT2D eigenvalue weighted by atomic mass is 15.0. The summed E-state index contributed by atoms with van der Waals surface area (Å²) in [4.78, 5) is 14.8. The van der Waals surface area contributed by atoms with E-state index in [0.717, 1.165) is 22.3 Å². The fourth-order valence-electron chi connectivity index (χ4n) is 8.31. The van der Waals surface area contributed by atoms with Gasteiger partial charge in [-0.15, -0.1) is 0 Å². The van der Waals surface area contributed by atoms with Crippen LogP contribution in [0.2, 0.25) is 0 Å². The zero-order valence-electron chi connectivity index (χ0n) is 30.7.